The molecule has 2 aromatic carbocycles. The molecule has 4 rings (SSSR count). The van der Waals surface area contributed by atoms with Crippen molar-refractivity contribution in [3.8, 4) is 5.75 Å². The molecule has 27 heavy (non-hydrogen) atoms. The molecule has 6 heteroatoms. The van der Waals surface area contributed by atoms with Gasteiger partial charge in [-0.15, -0.1) is 0 Å². The van der Waals surface area contributed by atoms with Crippen LogP contribution in [0.3, 0.4) is 0 Å². The molecule has 0 fully saturated rings. The van der Waals surface area contributed by atoms with Gasteiger partial charge >= 0.3 is 5.97 Å². The number of aliphatic carboxylic acids is 1. The zero-order chi connectivity index (χ0) is 19.3. The number of methoxy groups -OCH3 is 1. The number of aromatic nitrogens is 1. The monoisotopic (exact) mass is 428 g/mol. The summed E-state index contributed by atoms with van der Waals surface area (Å²) in [7, 11) is 1.64. The summed E-state index contributed by atoms with van der Waals surface area (Å²) in [6, 6.07) is 9.19. The first-order chi connectivity index (χ1) is 12.9. The molecule has 1 aliphatic rings. The molecule has 2 heterocycles. The molecule has 0 radical (unpaired) electrons. The summed E-state index contributed by atoms with van der Waals surface area (Å²) in [6.07, 6.45) is 0.446. The Kier molecular flexibility index (Phi) is 4.48. The third kappa shape index (κ3) is 3.03. The van der Waals surface area contributed by atoms with Gasteiger partial charge in [-0.05, 0) is 70.2 Å². The number of hydrogen-bond donors (Lipinski definition) is 3. The number of benzene rings is 2. The van der Waals surface area contributed by atoms with Crippen LogP contribution in [0.1, 0.15) is 34.0 Å². The maximum atomic E-state index is 11.8. The van der Waals surface area contributed by atoms with Crippen LogP contribution in [0.25, 0.3) is 10.9 Å². The lowest BCUT2D eigenvalue weighted by Crippen LogP contribution is -2.45. The lowest BCUT2D eigenvalue weighted by molar-refractivity contribution is -0.139. The number of rotatable bonds is 3. The van der Waals surface area contributed by atoms with Crippen molar-refractivity contribution in [2.75, 3.05) is 7.11 Å². The number of halogens is 1. The molecule has 1 aliphatic heterocycles. The van der Waals surface area contributed by atoms with Crippen molar-refractivity contribution in [3.63, 3.8) is 0 Å². The normalized spacial score (nSPS) is 19.1. The van der Waals surface area contributed by atoms with Crippen molar-refractivity contribution >= 4 is 32.8 Å². The van der Waals surface area contributed by atoms with Crippen LogP contribution in [0.2, 0.25) is 0 Å². The van der Waals surface area contributed by atoms with Gasteiger partial charge in [-0.3, -0.25) is 10.1 Å². The van der Waals surface area contributed by atoms with Gasteiger partial charge in [-0.1, -0.05) is 12.1 Å². The highest BCUT2D eigenvalue weighted by atomic mass is 79.9. The lowest BCUT2D eigenvalue weighted by atomic mass is 9.89. The number of fused-ring (bicyclic) bond motifs is 3. The van der Waals surface area contributed by atoms with E-state index in [0.717, 1.165) is 49.1 Å². The Balaban J connectivity index is 1.97. The van der Waals surface area contributed by atoms with E-state index in [1.165, 1.54) is 0 Å². The van der Waals surface area contributed by atoms with Gasteiger partial charge in [-0.25, -0.2) is 0 Å². The molecule has 2 atom stereocenters. The van der Waals surface area contributed by atoms with Crippen molar-refractivity contribution in [1.29, 1.82) is 0 Å². The fraction of sp³-hybridized carbons (Fsp3) is 0.286. The number of hydrogen-bond acceptors (Lipinski definition) is 3. The average Bonchev–Trinajstić information content (AvgIpc) is 3.04. The first-order valence-corrected chi connectivity index (χ1v) is 9.62. The van der Waals surface area contributed by atoms with Crippen LogP contribution in [0.4, 0.5) is 0 Å². The highest BCUT2D eigenvalue weighted by molar-refractivity contribution is 9.10. The number of ether oxygens (including phenoxy) is 1. The SMILES string of the molecule is COc1cc(C)cc(C2NC(C(=O)O)Cc3c2[nH]c2c(Br)ccc(C)c32)c1. The number of aromatic amines is 1. The highest BCUT2D eigenvalue weighted by Crippen LogP contribution is 2.39. The minimum atomic E-state index is -0.840. The largest absolute Gasteiger partial charge is 0.497 e. The summed E-state index contributed by atoms with van der Waals surface area (Å²) < 4.78 is 6.40. The average molecular weight is 429 g/mol. The van der Waals surface area contributed by atoms with E-state index in [9.17, 15) is 9.90 Å². The second-order valence-electron chi connectivity index (χ2n) is 7.11. The molecule has 0 saturated carbocycles. The Morgan fingerprint density at radius 1 is 1.26 bits per heavy atom. The van der Waals surface area contributed by atoms with Crippen molar-refractivity contribution in [2.45, 2.75) is 32.4 Å². The van der Waals surface area contributed by atoms with Gasteiger partial charge in [0.15, 0.2) is 0 Å². The molecule has 5 nitrogen and oxygen atoms in total. The third-order valence-electron chi connectivity index (χ3n) is 5.25. The summed E-state index contributed by atoms with van der Waals surface area (Å²) in [5.74, 6) is -0.0773. The minimum Gasteiger partial charge on any atom is -0.497 e. The zero-order valence-corrected chi connectivity index (χ0v) is 17.0. The van der Waals surface area contributed by atoms with Gasteiger partial charge in [0.2, 0.25) is 0 Å². The molecule has 1 aromatic heterocycles. The molecule has 0 amide bonds. The van der Waals surface area contributed by atoms with E-state index in [-0.39, 0.29) is 6.04 Å². The number of aryl methyl sites for hydroxylation is 2. The first kappa shape index (κ1) is 18.1. The van der Waals surface area contributed by atoms with Gasteiger partial charge in [0.05, 0.1) is 18.7 Å². The molecule has 3 aromatic rings. The van der Waals surface area contributed by atoms with E-state index in [2.05, 4.69) is 45.3 Å². The van der Waals surface area contributed by atoms with E-state index in [0.29, 0.717) is 6.42 Å². The molecule has 3 N–H and O–H groups in total. The second kappa shape index (κ2) is 6.69. The predicted molar refractivity (Wildman–Crippen MR) is 109 cm³/mol. The predicted octanol–water partition coefficient (Wildman–Crippen LogP) is 4.24. The standard InChI is InChI=1S/C21H21BrN2O3/c1-10-6-12(8-13(7-10)27-3)18-19-14(9-16(23-18)21(25)26)17-11(2)4-5-15(22)20(17)24-19/h4-8,16,18,23-24H,9H2,1-3H3,(H,25,26). The van der Waals surface area contributed by atoms with Gasteiger partial charge in [0, 0.05) is 22.0 Å². The van der Waals surface area contributed by atoms with Crippen molar-refractivity contribution in [3.05, 3.63) is 62.8 Å². The quantitative estimate of drug-likeness (QED) is 0.582. The summed E-state index contributed by atoms with van der Waals surface area (Å²) >= 11 is 3.62. The summed E-state index contributed by atoms with van der Waals surface area (Å²) in [4.78, 5) is 15.4. The zero-order valence-electron chi connectivity index (χ0n) is 15.4. The third-order valence-corrected chi connectivity index (χ3v) is 5.92. The minimum absolute atomic E-state index is 0.248. The maximum Gasteiger partial charge on any atom is 0.321 e. The summed E-state index contributed by atoms with van der Waals surface area (Å²) in [5.41, 5.74) is 6.29. The molecule has 0 spiro atoms. The smallest absolute Gasteiger partial charge is 0.321 e. The van der Waals surface area contributed by atoms with Crippen LogP contribution in [-0.4, -0.2) is 29.2 Å². The van der Waals surface area contributed by atoms with Crippen LogP contribution in [0.15, 0.2) is 34.8 Å². The van der Waals surface area contributed by atoms with Gasteiger partial charge in [0.1, 0.15) is 11.8 Å². The van der Waals surface area contributed by atoms with E-state index < -0.39 is 12.0 Å². The van der Waals surface area contributed by atoms with E-state index >= 15 is 0 Å². The fourth-order valence-electron chi connectivity index (χ4n) is 4.03. The molecule has 0 aliphatic carbocycles. The van der Waals surface area contributed by atoms with E-state index in [1.807, 2.05) is 25.1 Å². The number of carboxylic acid groups (broad SMARTS) is 1. The van der Waals surface area contributed by atoms with Crippen molar-refractivity contribution < 1.29 is 14.6 Å². The molecule has 2 unspecified atom stereocenters. The van der Waals surface area contributed by atoms with Crippen LogP contribution >= 0.6 is 15.9 Å². The summed E-state index contributed by atoms with van der Waals surface area (Å²) in [5, 5.41) is 14.1. The molecule has 0 bridgehead atoms. The van der Waals surface area contributed by atoms with E-state index in [4.69, 9.17) is 4.74 Å². The highest BCUT2D eigenvalue weighted by Gasteiger charge is 2.34. The maximum absolute atomic E-state index is 11.8. The Morgan fingerprint density at radius 3 is 2.74 bits per heavy atom. The topological polar surface area (TPSA) is 74.3 Å². The number of nitrogens with one attached hydrogen (secondary N) is 2. The van der Waals surface area contributed by atoms with Gasteiger partial charge in [-0.2, -0.15) is 0 Å². The van der Waals surface area contributed by atoms with Crippen LogP contribution in [-0.2, 0) is 11.2 Å². The van der Waals surface area contributed by atoms with Gasteiger partial charge in [0.25, 0.3) is 0 Å². The second-order valence-corrected chi connectivity index (χ2v) is 7.96. The van der Waals surface area contributed by atoms with Crippen LogP contribution < -0.4 is 10.1 Å². The van der Waals surface area contributed by atoms with Gasteiger partial charge < -0.3 is 14.8 Å². The molecule has 0 saturated heterocycles. The number of carbonyl (C=O) groups is 1. The van der Waals surface area contributed by atoms with Crippen LogP contribution in [0.5, 0.6) is 5.75 Å². The number of carboxylic acids is 1. The molecular formula is C21H21BrN2O3. The Hall–Kier alpha value is -2.31. The van der Waals surface area contributed by atoms with Crippen molar-refractivity contribution in [1.82, 2.24) is 10.3 Å². The summed E-state index contributed by atoms with van der Waals surface area (Å²) in [6.45, 7) is 4.07. The molecular weight excluding hydrogens is 408 g/mol. The van der Waals surface area contributed by atoms with E-state index in [1.54, 1.807) is 7.11 Å². The Bertz CT molecular complexity index is 1060. The first-order valence-electron chi connectivity index (χ1n) is 8.83. The lowest BCUT2D eigenvalue weighted by Gasteiger charge is -2.30. The van der Waals surface area contributed by atoms with Crippen molar-refractivity contribution in [2.24, 2.45) is 0 Å². The Labute approximate surface area is 165 Å². The Morgan fingerprint density at radius 2 is 2.04 bits per heavy atom. The number of H-pyrrole nitrogens is 1. The fourth-order valence-corrected chi connectivity index (χ4v) is 4.46. The molecule has 140 valence electrons. The van der Waals surface area contributed by atoms with Crippen LogP contribution in [0, 0.1) is 13.8 Å².